The van der Waals surface area contributed by atoms with Gasteiger partial charge >= 0.3 is 0 Å². The predicted molar refractivity (Wildman–Crippen MR) is 99.2 cm³/mol. The average molecular weight is 375 g/mol. The fourth-order valence-corrected chi connectivity index (χ4v) is 4.49. The SMILES string of the molecule is O=C(CCc1ccc(Cl)s1)N1CCC(c2nnc3ccccn23)CC1. The monoisotopic (exact) mass is 374 g/mol. The summed E-state index contributed by atoms with van der Waals surface area (Å²) in [6.45, 7) is 1.58. The second kappa shape index (κ2) is 7.14. The summed E-state index contributed by atoms with van der Waals surface area (Å²) in [5.74, 6) is 1.60. The molecule has 4 rings (SSSR count). The lowest BCUT2D eigenvalue weighted by atomic mass is 9.95. The van der Waals surface area contributed by atoms with E-state index in [-0.39, 0.29) is 5.91 Å². The van der Waals surface area contributed by atoms with E-state index in [9.17, 15) is 4.79 Å². The number of thiophene rings is 1. The van der Waals surface area contributed by atoms with E-state index in [4.69, 9.17) is 11.6 Å². The smallest absolute Gasteiger partial charge is 0.222 e. The minimum Gasteiger partial charge on any atom is -0.343 e. The van der Waals surface area contributed by atoms with E-state index in [1.165, 1.54) is 4.88 Å². The first kappa shape index (κ1) is 16.5. The van der Waals surface area contributed by atoms with E-state index < -0.39 is 0 Å². The number of hydrogen-bond acceptors (Lipinski definition) is 4. The van der Waals surface area contributed by atoms with Crippen molar-refractivity contribution in [2.45, 2.75) is 31.6 Å². The van der Waals surface area contributed by atoms with Crippen LogP contribution in [0.4, 0.5) is 0 Å². The zero-order valence-corrected chi connectivity index (χ0v) is 15.3. The quantitative estimate of drug-likeness (QED) is 0.698. The molecule has 0 bridgehead atoms. The number of rotatable bonds is 4. The Balaban J connectivity index is 1.34. The molecule has 3 aromatic heterocycles. The van der Waals surface area contributed by atoms with Crippen LogP contribution >= 0.6 is 22.9 Å². The van der Waals surface area contributed by atoms with E-state index >= 15 is 0 Å². The van der Waals surface area contributed by atoms with Crippen LogP contribution in [-0.4, -0.2) is 38.5 Å². The van der Waals surface area contributed by atoms with Crippen molar-refractivity contribution < 1.29 is 4.79 Å². The molecule has 130 valence electrons. The minimum absolute atomic E-state index is 0.231. The van der Waals surface area contributed by atoms with Crippen LogP contribution < -0.4 is 0 Å². The molecular formula is C18H19ClN4OS. The number of aromatic nitrogens is 3. The summed E-state index contributed by atoms with van der Waals surface area (Å²) in [6, 6.07) is 9.82. The molecule has 4 heterocycles. The van der Waals surface area contributed by atoms with Gasteiger partial charge in [0.25, 0.3) is 0 Å². The van der Waals surface area contributed by atoms with E-state index in [0.29, 0.717) is 12.3 Å². The normalized spacial score (nSPS) is 15.8. The number of piperidine rings is 1. The molecule has 1 aliphatic rings. The number of carbonyl (C=O) groups excluding carboxylic acids is 1. The Hall–Kier alpha value is -1.92. The Kier molecular flexibility index (Phi) is 4.72. The largest absolute Gasteiger partial charge is 0.343 e. The van der Waals surface area contributed by atoms with Gasteiger partial charge in [0.2, 0.25) is 5.91 Å². The summed E-state index contributed by atoms with van der Waals surface area (Å²) >= 11 is 7.49. The minimum atomic E-state index is 0.231. The molecule has 7 heteroatoms. The molecule has 0 aromatic carbocycles. The van der Waals surface area contributed by atoms with E-state index in [0.717, 1.165) is 48.2 Å². The van der Waals surface area contributed by atoms with Crippen LogP contribution in [0.2, 0.25) is 4.34 Å². The van der Waals surface area contributed by atoms with Gasteiger partial charge in [-0.3, -0.25) is 9.20 Å². The molecule has 0 spiro atoms. The maximum atomic E-state index is 12.4. The summed E-state index contributed by atoms with van der Waals surface area (Å²) in [5, 5.41) is 8.60. The summed E-state index contributed by atoms with van der Waals surface area (Å²) in [4.78, 5) is 15.6. The zero-order valence-electron chi connectivity index (χ0n) is 13.8. The third kappa shape index (κ3) is 3.55. The van der Waals surface area contributed by atoms with E-state index in [1.54, 1.807) is 11.3 Å². The van der Waals surface area contributed by atoms with Crippen molar-refractivity contribution in [1.29, 1.82) is 0 Å². The summed E-state index contributed by atoms with van der Waals surface area (Å²) in [7, 11) is 0. The first-order valence-electron chi connectivity index (χ1n) is 8.52. The standard InChI is InChI=1S/C18H19ClN4OS/c19-15-6-4-14(25-15)5-7-17(24)22-11-8-13(9-12-22)18-21-20-16-3-1-2-10-23(16)18/h1-4,6,10,13H,5,7-9,11-12H2. The predicted octanol–water partition coefficient (Wildman–Crippen LogP) is 3.78. The van der Waals surface area contributed by atoms with Crippen molar-refractivity contribution >= 4 is 34.5 Å². The lowest BCUT2D eigenvalue weighted by Crippen LogP contribution is -2.38. The molecule has 1 amide bonds. The molecule has 5 nitrogen and oxygen atoms in total. The molecule has 1 aliphatic heterocycles. The highest BCUT2D eigenvalue weighted by Crippen LogP contribution is 2.28. The Morgan fingerprint density at radius 3 is 2.80 bits per heavy atom. The van der Waals surface area contributed by atoms with Gasteiger partial charge in [-0.1, -0.05) is 17.7 Å². The third-order valence-electron chi connectivity index (χ3n) is 4.77. The second-order valence-electron chi connectivity index (χ2n) is 6.35. The molecule has 0 atom stereocenters. The van der Waals surface area contributed by atoms with Gasteiger partial charge in [0.1, 0.15) is 5.82 Å². The van der Waals surface area contributed by atoms with Crippen molar-refractivity contribution in [3.05, 3.63) is 51.6 Å². The molecule has 0 radical (unpaired) electrons. The molecule has 0 saturated carbocycles. The lowest BCUT2D eigenvalue weighted by Gasteiger charge is -2.31. The van der Waals surface area contributed by atoms with Gasteiger partial charge in [0.15, 0.2) is 5.65 Å². The number of hydrogen-bond donors (Lipinski definition) is 0. The number of pyridine rings is 1. The van der Waals surface area contributed by atoms with Gasteiger partial charge in [-0.2, -0.15) is 0 Å². The van der Waals surface area contributed by atoms with Gasteiger partial charge in [-0.25, -0.2) is 0 Å². The van der Waals surface area contributed by atoms with Gasteiger partial charge in [0.05, 0.1) is 4.34 Å². The maximum Gasteiger partial charge on any atom is 0.222 e. The second-order valence-corrected chi connectivity index (χ2v) is 8.15. The Bertz CT molecular complexity index is 882. The first-order chi connectivity index (χ1) is 12.2. The molecule has 1 saturated heterocycles. The number of fused-ring (bicyclic) bond motifs is 1. The van der Waals surface area contributed by atoms with Crippen molar-refractivity contribution in [3.8, 4) is 0 Å². The van der Waals surface area contributed by atoms with E-state index in [1.807, 2.05) is 41.4 Å². The van der Waals surface area contributed by atoms with Crippen LogP contribution in [0.25, 0.3) is 5.65 Å². The van der Waals surface area contributed by atoms with Gasteiger partial charge in [-0.05, 0) is 43.5 Å². The van der Waals surface area contributed by atoms with Crippen LogP contribution in [0.5, 0.6) is 0 Å². The van der Waals surface area contributed by atoms with Crippen LogP contribution in [0.1, 0.15) is 35.9 Å². The number of amides is 1. The summed E-state index contributed by atoms with van der Waals surface area (Å²) in [6.07, 6.45) is 5.20. The van der Waals surface area contributed by atoms with Gasteiger partial charge < -0.3 is 4.90 Å². The summed E-state index contributed by atoms with van der Waals surface area (Å²) < 4.78 is 2.84. The number of carbonyl (C=O) groups is 1. The number of halogens is 1. The van der Waals surface area contributed by atoms with Crippen molar-refractivity contribution in [1.82, 2.24) is 19.5 Å². The first-order valence-corrected chi connectivity index (χ1v) is 9.72. The van der Waals surface area contributed by atoms with Crippen LogP contribution in [0, 0.1) is 0 Å². The van der Waals surface area contributed by atoms with Crippen LogP contribution in [-0.2, 0) is 11.2 Å². The number of aryl methyl sites for hydroxylation is 1. The van der Waals surface area contributed by atoms with Gasteiger partial charge in [0, 0.05) is 36.5 Å². The van der Waals surface area contributed by atoms with Crippen LogP contribution in [0.15, 0.2) is 36.5 Å². The highest BCUT2D eigenvalue weighted by molar-refractivity contribution is 7.16. The molecule has 25 heavy (non-hydrogen) atoms. The topological polar surface area (TPSA) is 50.5 Å². The molecule has 0 aliphatic carbocycles. The Morgan fingerprint density at radius 2 is 2.04 bits per heavy atom. The molecule has 0 unspecified atom stereocenters. The fraction of sp³-hybridized carbons (Fsp3) is 0.389. The molecular weight excluding hydrogens is 356 g/mol. The van der Waals surface area contributed by atoms with Gasteiger partial charge in [-0.15, -0.1) is 21.5 Å². The molecule has 3 aromatic rings. The molecule has 1 fully saturated rings. The number of nitrogens with zero attached hydrogens (tertiary/aromatic N) is 4. The molecule has 0 N–H and O–H groups in total. The number of likely N-dealkylation sites (tertiary alicyclic amines) is 1. The van der Waals surface area contributed by atoms with Crippen molar-refractivity contribution in [3.63, 3.8) is 0 Å². The zero-order chi connectivity index (χ0) is 17.2. The van der Waals surface area contributed by atoms with E-state index in [2.05, 4.69) is 14.6 Å². The summed E-state index contributed by atoms with van der Waals surface area (Å²) in [5.41, 5.74) is 0.880. The Morgan fingerprint density at radius 1 is 1.20 bits per heavy atom. The van der Waals surface area contributed by atoms with Crippen molar-refractivity contribution in [2.75, 3.05) is 13.1 Å². The highest BCUT2D eigenvalue weighted by atomic mass is 35.5. The lowest BCUT2D eigenvalue weighted by molar-refractivity contribution is -0.132. The highest BCUT2D eigenvalue weighted by Gasteiger charge is 2.26. The maximum absolute atomic E-state index is 12.4. The Labute approximate surface area is 155 Å². The van der Waals surface area contributed by atoms with Crippen molar-refractivity contribution in [2.24, 2.45) is 0 Å². The van der Waals surface area contributed by atoms with Crippen LogP contribution in [0.3, 0.4) is 0 Å². The fourth-order valence-electron chi connectivity index (χ4n) is 3.40. The average Bonchev–Trinajstić information content (AvgIpc) is 3.26. The third-order valence-corrected chi connectivity index (χ3v) is 6.06.